The lowest BCUT2D eigenvalue weighted by Gasteiger charge is -2.42. The first-order chi connectivity index (χ1) is 23.2. The summed E-state index contributed by atoms with van der Waals surface area (Å²) in [5.74, 6) is 0. The molecule has 4 N–H and O–H groups in total. The van der Waals surface area contributed by atoms with Gasteiger partial charge in [0.05, 0.1) is 39.6 Å². The summed E-state index contributed by atoms with van der Waals surface area (Å²) >= 11 is 6.93. The SMILES string of the molecule is C=C(/C=C\C=C/C)[C@H](Nc1cc(Cl)c2ncc(C#N)c(N[C@@H]3CCCc4ccccc43)c2c1)C1=CN(C2CCN(C(C)(C)C)CC2)NN1. The van der Waals surface area contributed by atoms with E-state index in [0.29, 0.717) is 22.1 Å². The van der Waals surface area contributed by atoms with E-state index in [1.54, 1.807) is 6.20 Å². The molecule has 2 aromatic carbocycles. The van der Waals surface area contributed by atoms with Crippen LogP contribution in [0.3, 0.4) is 0 Å². The van der Waals surface area contributed by atoms with Crippen LogP contribution in [0.1, 0.15) is 76.1 Å². The third-order valence-corrected chi connectivity index (χ3v) is 10.0. The maximum atomic E-state index is 10.2. The number of aromatic nitrogens is 1. The number of hydrogen-bond acceptors (Lipinski definition) is 8. The molecule has 250 valence electrons. The average Bonchev–Trinajstić information content (AvgIpc) is 3.57. The zero-order valence-corrected chi connectivity index (χ0v) is 29.2. The van der Waals surface area contributed by atoms with Crippen LogP contribution in [-0.2, 0) is 6.42 Å². The van der Waals surface area contributed by atoms with Crippen molar-refractivity contribution >= 4 is 33.9 Å². The van der Waals surface area contributed by atoms with Crippen molar-refractivity contribution in [3.63, 3.8) is 0 Å². The van der Waals surface area contributed by atoms with Gasteiger partial charge in [0.1, 0.15) is 6.07 Å². The molecule has 8 nitrogen and oxygen atoms in total. The Bertz CT molecular complexity index is 1790. The quantitative estimate of drug-likeness (QED) is 0.171. The summed E-state index contributed by atoms with van der Waals surface area (Å²) in [6.07, 6.45) is 17.1. The zero-order chi connectivity index (χ0) is 33.8. The highest BCUT2D eigenvalue weighted by molar-refractivity contribution is 6.35. The molecule has 3 aromatic rings. The van der Waals surface area contributed by atoms with E-state index < -0.39 is 0 Å². The third kappa shape index (κ3) is 7.24. The number of aryl methyl sites for hydroxylation is 1. The molecule has 9 heteroatoms. The molecular weight excluding hydrogens is 616 g/mol. The molecule has 1 fully saturated rings. The minimum Gasteiger partial charge on any atom is -0.377 e. The molecule has 0 radical (unpaired) electrons. The number of pyridine rings is 1. The zero-order valence-electron chi connectivity index (χ0n) is 28.5. The van der Waals surface area contributed by atoms with E-state index in [1.165, 1.54) is 11.1 Å². The molecule has 1 saturated heterocycles. The number of likely N-dealkylation sites (tertiary alicyclic amines) is 1. The van der Waals surface area contributed by atoms with Gasteiger partial charge < -0.3 is 16.1 Å². The van der Waals surface area contributed by atoms with Crippen molar-refractivity contribution in [2.24, 2.45) is 0 Å². The second-order valence-corrected chi connectivity index (χ2v) is 14.4. The smallest absolute Gasteiger partial charge is 0.103 e. The van der Waals surface area contributed by atoms with Crippen molar-refractivity contribution in [1.29, 1.82) is 5.26 Å². The molecule has 0 unspecified atom stereocenters. The van der Waals surface area contributed by atoms with E-state index in [2.05, 4.69) is 100 Å². The highest BCUT2D eigenvalue weighted by Crippen LogP contribution is 2.39. The van der Waals surface area contributed by atoms with Crippen molar-refractivity contribution in [3.8, 4) is 6.07 Å². The number of allylic oxidation sites excluding steroid dienone is 3. The first kappa shape index (κ1) is 33.6. The highest BCUT2D eigenvalue weighted by Gasteiger charge is 2.32. The Morgan fingerprint density at radius 3 is 2.71 bits per heavy atom. The minimum atomic E-state index is -0.277. The molecule has 2 aliphatic heterocycles. The first-order valence-electron chi connectivity index (χ1n) is 17.0. The van der Waals surface area contributed by atoms with Crippen molar-refractivity contribution in [2.45, 2.75) is 83.5 Å². The van der Waals surface area contributed by atoms with Crippen LogP contribution in [-0.4, -0.2) is 45.6 Å². The maximum absolute atomic E-state index is 10.2. The number of benzene rings is 2. The Kier molecular flexibility index (Phi) is 10.1. The number of anilines is 2. The fourth-order valence-electron chi connectivity index (χ4n) is 7.09. The molecule has 48 heavy (non-hydrogen) atoms. The topological polar surface area (TPSA) is 91.3 Å². The summed E-state index contributed by atoms with van der Waals surface area (Å²) in [7, 11) is 0. The molecule has 1 aromatic heterocycles. The predicted octanol–water partition coefficient (Wildman–Crippen LogP) is 8.15. The third-order valence-electron chi connectivity index (χ3n) is 9.75. The average molecular weight is 663 g/mol. The Labute approximate surface area is 290 Å². The number of rotatable bonds is 9. The van der Waals surface area contributed by atoms with Crippen molar-refractivity contribution in [2.75, 3.05) is 23.7 Å². The lowest BCUT2D eigenvalue weighted by Crippen LogP contribution is -2.52. The molecular formula is C39H47ClN8. The van der Waals surface area contributed by atoms with E-state index in [1.807, 2.05) is 43.4 Å². The largest absolute Gasteiger partial charge is 0.377 e. The lowest BCUT2D eigenvalue weighted by molar-refractivity contribution is 0.0570. The van der Waals surface area contributed by atoms with E-state index in [9.17, 15) is 5.26 Å². The van der Waals surface area contributed by atoms with E-state index in [0.717, 1.165) is 73.2 Å². The van der Waals surface area contributed by atoms with Gasteiger partial charge in [0, 0.05) is 48.1 Å². The van der Waals surface area contributed by atoms with Crippen LogP contribution in [0.2, 0.25) is 5.02 Å². The Balaban J connectivity index is 1.31. The summed E-state index contributed by atoms with van der Waals surface area (Å²) < 4.78 is 0. The minimum absolute atomic E-state index is 0.0903. The number of hydrazine groups is 2. The molecule has 0 spiro atoms. The lowest BCUT2D eigenvalue weighted by atomic mass is 9.87. The summed E-state index contributed by atoms with van der Waals surface area (Å²) in [6, 6.07) is 15.1. The van der Waals surface area contributed by atoms with Crippen LogP contribution in [0.4, 0.5) is 11.4 Å². The van der Waals surface area contributed by atoms with Gasteiger partial charge >= 0.3 is 0 Å². The number of piperidine rings is 1. The fraction of sp³-hybridized carbons (Fsp3) is 0.385. The van der Waals surface area contributed by atoms with Crippen LogP contribution >= 0.6 is 11.6 Å². The number of fused-ring (bicyclic) bond motifs is 2. The standard InChI is InChI=1S/C39H47ClN8/c1-6-7-8-12-26(2)36(35-25-48(46-45-35)30-17-19-47(20-18-30)39(3,4)5)43-29-21-32-37(28(23-41)24-42-38(32)33(40)22-29)44-34-16-11-14-27-13-9-10-15-31(27)34/h6-10,12-13,15,21-22,24-25,30,34,36,43,45-46H,2,11,14,16-20H2,1,3-5H3,(H,42,44)/b7-6-,12-8-/t34-,36+/m1/s1. The van der Waals surface area contributed by atoms with Crippen LogP contribution in [0.15, 0.2) is 90.9 Å². The maximum Gasteiger partial charge on any atom is 0.103 e. The van der Waals surface area contributed by atoms with Gasteiger partial charge in [-0.25, -0.2) is 0 Å². The van der Waals surface area contributed by atoms with Crippen LogP contribution in [0.5, 0.6) is 0 Å². The molecule has 0 amide bonds. The van der Waals surface area contributed by atoms with Crippen molar-refractivity contribution in [1.82, 2.24) is 25.9 Å². The van der Waals surface area contributed by atoms with E-state index in [-0.39, 0.29) is 17.6 Å². The predicted molar refractivity (Wildman–Crippen MR) is 198 cm³/mol. The summed E-state index contributed by atoms with van der Waals surface area (Å²) in [5.41, 5.74) is 14.2. The number of nitriles is 1. The van der Waals surface area contributed by atoms with Gasteiger partial charge in [-0.15, -0.1) is 5.53 Å². The van der Waals surface area contributed by atoms with Crippen molar-refractivity contribution in [3.05, 3.63) is 113 Å². The Morgan fingerprint density at radius 1 is 1.17 bits per heavy atom. The first-order valence-corrected chi connectivity index (χ1v) is 17.4. The number of nitrogens with one attached hydrogen (secondary N) is 4. The molecule has 3 aliphatic rings. The van der Waals surface area contributed by atoms with Gasteiger partial charge in [-0.2, -0.15) is 5.26 Å². The van der Waals surface area contributed by atoms with Crippen LogP contribution in [0, 0.1) is 11.3 Å². The van der Waals surface area contributed by atoms with Gasteiger partial charge in [0.25, 0.3) is 0 Å². The second kappa shape index (κ2) is 14.4. The molecule has 3 heterocycles. The van der Waals surface area contributed by atoms with E-state index >= 15 is 0 Å². The second-order valence-electron chi connectivity index (χ2n) is 14.0. The molecule has 1 aliphatic carbocycles. The monoisotopic (exact) mass is 662 g/mol. The van der Waals surface area contributed by atoms with Crippen LogP contribution in [0.25, 0.3) is 10.9 Å². The summed E-state index contributed by atoms with van der Waals surface area (Å²) in [6.45, 7) is 15.4. The van der Waals surface area contributed by atoms with Gasteiger partial charge in [0.2, 0.25) is 0 Å². The van der Waals surface area contributed by atoms with Crippen molar-refractivity contribution < 1.29 is 0 Å². The normalized spacial score (nSPS) is 19.6. The molecule has 0 saturated carbocycles. The highest BCUT2D eigenvalue weighted by atomic mass is 35.5. The summed E-state index contributed by atoms with van der Waals surface area (Å²) in [4.78, 5) is 7.17. The van der Waals surface area contributed by atoms with Gasteiger partial charge in [-0.05, 0) is 88.6 Å². The Morgan fingerprint density at radius 2 is 1.96 bits per heavy atom. The Hall–Kier alpha value is -4.29. The van der Waals surface area contributed by atoms with E-state index in [4.69, 9.17) is 11.6 Å². The number of halogens is 1. The van der Waals surface area contributed by atoms with Gasteiger partial charge in [-0.3, -0.25) is 14.9 Å². The number of hydrogen-bond donors (Lipinski definition) is 4. The fourth-order valence-corrected chi connectivity index (χ4v) is 7.35. The van der Waals surface area contributed by atoms with Gasteiger partial charge in [0.15, 0.2) is 0 Å². The molecule has 2 atom stereocenters. The molecule has 0 bridgehead atoms. The van der Waals surface area contributed by atoms with Crippen LogP contribution < -0.4 is 21.6 Å². The summed E-state index contributed by atoms with van der Waals surface area (Å²) in [5, 5.41) is 21.1. The number of nitrogens with zero attached hydrogens (tertiary/aromatic N) is 4. The van der Waals surface area contributed by atoms with Gasteiger partial charge in [-0.1, -0.05) is 66.7 Å². The molecule has 6 rings (SSSR count).